The molecule has 0 bridgehead atoms. The second-order valence-corrected chi connectivity index (χ2v) is 8.19. The number of imidazole rings is 1. The molecule has 28 heavy (non-hydrogen) atoms. The van der Waals surface area contributed by atoms with Gasteiger partial charge in [-0.3, -0.25) is 0 Å². The van der Waals surface area contributed by atoms with Crippen LogP contribution in [0.5, 0.6) is 0 Å². The lowest BCUT2D eigenvalue weighted by atomic mass is 10.0. The lowest BCUT2D eigenvalue weighted by molar-refractivity contribution is 0.141. The van der Waals surface area contributed by atoms with Crippen LogP contribution in [0.3, 0.4) is 0 Å². The van der Waals surface area contributed by atoms with E-state index in [1.54, 1.807) is 19.1 Å². The van der Waals surface area contributed by atoms with E-state index in [0.29, 0.717) is 16.7 Å². The molecule has 0 amide bonds. The lowest BCUT2D eigenvalue weighted by Gasteiger charge is -2.07. The third kappa shape index (κ3) is 3.64. The Balaban J connectivity index is 2.22. The quantitative estimate of drug-likeness (QED) is 0.697. The molecule has 5 nitrogen and oxygen atoms in total. The number of nitrogens with one attached hydrogen (secondary N) is 1. The number of halogens is 3. The molecule has 0 radical (unpaired) electrons. The van der Waals surface area contributed by atoms with E-state index in [1.165, 1.54) is 12.1 Å². The van der Waals surface area contributed by atoms with Crippen LogP contribution in [0.2, 0.25) is 0 Å². The zero-order chi connectivity index (χ0) is 20.6. The van der Waals surface area contributed by atoms with Crippen LogP contribution in [0.15, 0.2) is 41.3 Å². The molecule has 3 aromatic rings. The molecule has 0 spiro atoms. The number of nitrogens with zero attached hydrogens (tertiary/aromatic N) is 2. The van der Waals surface area contributed by atoms with Crippen LogP contribution in [-0.4, -0.2) is 24.6 Å². The number of aryl methyl sites for hydroxylation is 1. The summed E-state index contributed by atoms with van der Waals surface area (Å²) in [5.74, 6) is -1.62. The van der Waals surface area contributed by atoms with Gasteiger partial charge in [0.2, 0.25) is 0 Å². The van der Waals surface area contributed by atoms with Crippen molar-refractivity contribution in [2.24, 2.45) is 0 Å². The van der Waals surface area contributed by atoms with Gasteiger partial charge in [-0.15, -0.1) is 0 Å². The largest absolute Gasteiger partial charge is 0.337 e. The van der Waals surface area contributed by atoms with E-state index in [1.807, 2.05) is 6.07 Å². The fourth-order valence-electron chi connectivity index (χ4n) is 2.76. The molecule has 1 N–H and O–H groups in total. The SMILES string of the molecule is Cc1ccc(-c2[nH]c(C(F)F)nc2-c2ccc(S(C)(=O)=O)c(F)c2)cc1C#N. The van der Waals surface area contributed by atoms with Gasteiger partial charge in [-0.25, -0.2) is 26.6 Å². The number of hydrogen-bond donors (Lipinski definition) is 1. The number of H-pyrrole nitrogens is 1. The Morgan fingerprint density at radius 1 is 1.14 bits per heavy atom. The number of hydrogen-bond acceptors (Lipinski definition) is 4. The summed E-state index contributed by atoms with van der Waals surface area (Å²) < 4.78 is 63.9. The van der Waals surface area contributed by atoms with Gasteiger partial charge in [-0.1, -0.05) is 18.2 Å². The molecular formula is C19H14F3N3O2S. The van der Waals surface area contributed by atoms with E-state index >= 15 is 0 Å². The Labute approximate surface area is 159 Å². The van der Waals surface area contributed by atoms with Crippen LogP contribution in [0.1, 0.15) is 23.4 Å². The minimum Gasteiger partial charge on any atom is -0.337 e. The summed E-state index contributed by atoms with van der Waals surface area (Å²) >= 11 is 0. The van der Waals surface area contributed by atoms with Crippen molar-refractivity contribution < 1.29 is 21.6 Å². The van der Waals surface area contributed by atoms with E-state index in [2.05, 4.69) is 9.97 Å². The molecule has 0 atom stereocenters. The van der Waals surface area contributed by atoms with E-state index in [0.717, 1.165) is 18.4 Å². The number of alkyl halides is 2. The van der Waals surface area contributed by atoms with Crippen molar-refractivity contribution in [1.29, 1.82) is 5.26 Å². The number of sulfone groups is 1. The van der Waals surface area contributed by atoms with E-state index in [4.69, 9.17) is 0 Å². The van der Waals surface area contributed by atoms with Gasteiger partial charge in [0.15, 0.2) is 15.7 Å². The number of aromatic nitrogens is 2. The Morgan fingerprint density at radius 3 is 2.39 bits per heavy atom. The Kier molecular flexibility index (Phi) is 5.00. The summed E-state index contributed by atoms with van der Waals surface area (Å²) in [5.41, 5.74) is 1.83. The van der Waals surface area contributed by atoms with Crippen molar-refractivity contribution in [3.8, 4) is 28.6 Å². The van der Waals surface area contributed by atoms with Crippen molar-refractivity contribution in [3.05, 3.63) is 59.2 Å². The second-order valence-electron chi connectivity index (χ2n) is 6.21. The van der Waals surface area contributed by atoms with Gasteiger partial charge < -0.3 is 4.98 Å². The number of aromatic amines is 1. The lowest BCUT2D eigenvalue weighted by Crippen LogP contribution is -2.01. The van der Waals surface area contributed by atoms with E-state index < -0.39 is 32.8 Å². The Bertz CT molecular complexity index is 1210. The maximum Gasteiger partial charge on any atom is 0.295 e. The van der Waals surface area contributed by atoms with Gasteiger partial charge in [0, 0.05) is 17.4 Å². The predicted octanol–water partition coefficient (Wildman–Crippen LogP) is 4.40. The fraction of sp³-hybridized carbons (Fsp3) is 0.158. The second kappa shape index (κ2) is 7.13. The predicted molar refractivity (Wildman–Crippen MR) is 96.9 cm³/mol. The van der Waals surface area contributed by atoms with Crippen molar-refractivity contribution >= 4 is 9.84 Å². The molecule has 0 aliphatic rings. The summed E-state index contributed by atoms with van der Waals surface area (Å²) in [6.07, 6.45) is -2.02. The molecule has 0 aliphatic heterocycles. The minimum atomic E-state index is -3.78. The van der Waals surface area contributed by atoms with Crippen molar-refractivity contribution in [2.75, 3.05) is 6.26 Å². The first-order chi connectivity index (χ1) is 13.1. The molecule has 1 aromatic heterocycles. The van der Waals surface area contributed by atoms with Gasteiger partial charge >= 0.3 is 0 Å². The summed E-state index contributed by atoms with van der Waals surface area (Å²) in [4.78, 5) is 5.89. The van der Waals surface area contributed by atoms with Crippen LogP contribution < -0.4 is 0 Å². The summed E-state index contributed by atoms with van der Waals surface area (Å²) in [5, 5.41) is 9.21. The Hall–Kier alpha value is -3.12. The molecule has 0 saturated carbocycles. The summed E-state index contributed by atoms with van der Waals surface area (Å²) in [7, 11) is -3.78. The molecule has 1 heterocycles. The van der Waals surface area contributed by atoms with Crippen LogP contribution in [0, 0.1) is 24.1 Å². The van der Waals surface area contributed by atoms with Gasteiger partial charge in [0.25, 0.3) is 6.43 Å². The topological polar surface area (TPSA) is 86.6 Å². The van der Waals surface area contributed by atoms with Crippen LogP contribution in [-0.2, 0) is 9.84 Å². The third-order valence-electron chi connectivity index (χ3n) is 4.18. The summed E-state index contributed by atoms with van der Waals surface area (Å²) in [6, 6.07) is 10.1. The number of nitriles is 1. The van der Waals surface area contributed by atoms with E-state index in [-0.39, 0.29) is 17.0 Å². The average Bonchev–Trinajstić information content (AvgIpc) is 3.06. The molecule has 0 fully saturated rings. The normalized spacial score (nSPS) is 11.6. The fourth-order valence-corrected chi connectivity index (χ4v) is 3.49. The molecule has 0 saturated heterocycles. The van der Waals surface area contributed by atoms with Gasteiger partial charge in [-0.2, -0.15) is 5.26 Å². The molecule has 0 unspecified atom stereocenters. The highest BCUT2D eigenvalue weighted by atomic mass is 32.2. The average molecular weight is 405 g/mol. The van der Waals surface area contributed by atoms with Crippen LogP contribution >= 0.6 is 0 Å². The van der Waals surface area contributed by atoms with Gasteiger partial charge in [0.05, 0.1) is 23.0 Å². The minimum absolute atomic E-state index is 0.0296. The molecule has 144 valence electrons. The standard InChI is InChI=1S/C19H14F3N3O2S/c1-10-3-4-11(7-13(10)9-23)16-17(25-19(24-16)18(21)22)12-5-6-15(14(20)8-12)28(2,26)27/h3-8,18H,1-2H3,(H,24,25). The van der Waals surface area contributed by atoms with Crippen molar-refractivity contribution in [2.45, 2.75) is 18.2 Å². The molecule has 3 rings (SSSR count). The first-order valence-electron chi connectivity index (χ1n) is 8.01. The van der Waals surface area contributed by atoms with Crippen molar-refractivity contribution in [3.63, 3.8) is 0 Å². The molecule has 0 aliphatic carbocycles. The van der Waals surface area contributed by atoms with Crippen LogP contribution in [0.25, 0.3) is 22.5 Å². The monoisotopic (exact) mass is 405 g/mol. The highest BCUT2D eigenvalue weighted by molar-refractivity contribution is 7.90. The highest BCUT2D eigenvalue weighted by Gasteiger charge is 2.22. The smallest absolute Gasteiger partial charge is 0.295 e. The zero-order valence-corrected chi connectivity index (χ0v) is 15.6. The van der Waals surface area contributed by atoms with Crippen LogP contribution in [0.4, 0.5) is 13.2 Å². The first kappa shape index (κ1) is 19.6. The van der Waals surface area contributed by atoms with Crippen molar-refractivity contribution in [1.82, 2.24) is 9.97 Å². The maximum atomic E-state index is 14.3. The zero-order valence-electron chi connectivity index (χ0n) is 14.8. The highest BCUT2D eigenvalue weighted by Crippen LogP contribution is 2.34. The maximum absolute atomic E-state index is 14.3. The van der Waals surface area contributed by atoms with E-state index in [9.17, 15) is 26.9 Å². The molecular weight excluding hydrogens is 391 g/mol. The Morgan fingerprint density at radius 2 is 1.82 bits per heavy atom. The van der Waals surface area contributed by atoms with Gasteiger partial charge in [0.1, 0.15) is 10.7 Å². The third-order valence-corrected chi connectivity index (χ3v) is 5.31. The first-order valence-corrected chi connectivity index (χ1v) is 9.90. The molecule has 2 aromatic carbocycles. The summed E-state index contributed by atoms with van der Waals surface area (Å²) in [6.45, 7) is 1.74. The molecule has 9 heteroatoms. The number of benzene rings is 2. The van der Waals surface area contributed by atoms with Gasteiger partial charge in [-0.05, 0) is 30.7 Å². The number of rotatable bonds is 4.